The van der Waals surface area contributed by atoms with E-state index >= 15 is 0 Å². The van der Waals surface area contributed by atoms with Crippen LogP contribution in [0.25, 0.3) is 0 Å². The van der Waals surface area contributed by atoms with E-state index in [0.29, 0.717) is 30.1 Å². The Kier molecular flexibility index (Phi) is 5.28. The van der Waals surface area contributed by atoms with Crippen molar-refractivity contribution in [1.29, 1.82) is 0 Å². The highest BCUT2D eigenvalue weighted by Crippen LogP contribution is 2.30. The van der Waals surface area contributed by atoms with Crippen molar-refractivity contribution in [2.45, 2.75) is 44.2 Å². The molecule has 2 aromatic heterocycles. The Morgan fingerprint density at radius 3 is 2.63 bits per heavy atom. The minimum Gasteiger partial charge on any atom is -0.372 e. The first-order chi connectivity index (χ1) is 12.6. The van der Waals surface area contributed by atoms with Crippen LogP contribution in [0.4, 0.5) is 13.2 Å². The van der Waals surface area contributed by atoms with E-state index < -0.39 is 26.8 Å². The molecule has 11 heteroatoms. The molecule has 0 bridgehead atoms. The minimum absolute atomic E-state index is 0.106. The highest BCUT2D eigenvalue weighted by molar-refractivity contribution is 7.89. The fraction of sp³-hybridized carbons (Fsp3) is 0.500. The molecule has 1 saturated heterocycles. The van der Waals surface area contributed by atoms with Gasteiger partial charge in [-0.25, -0.2) is 13.4 Å². The number of sulfonamides is 1. The van der Waals surface area contributed by atoms with Gasteiger partial charge in [-0.3, -0.25) is 0 Å². The van der Waals surface area contributed by atoms with Crippen LogP contribution in [0.5, 0.6) is 0 Å². The second-order valence-electron chi connectivity index (χ2n) is 6.27. The van der Waals surface area contributed by atoms with Gasteiger partial charge in [-0.05, 0) is 32.4 Å². The molecule has 0 radical (unpaired) electrons. The smallest absolute Gasteiger partial charge is 0.372 e. The van der Waals surface area contributed by atoms with E-state index in [9.17, 15) is 21.6 Å². The summed E-state index contributed by atoms with van der Waals surface area (Å²) >= 11 is 0. The zero-order chi connectivity index (χ0) is 19.8. The number of ether oxygens (including phenoxy) is 1. The molecule has 7 nitrogen and oxygen atoms in total. The summed E-state index contributed by atoms with van der Waals surface area (Å²) in [6, 6.07) is 1.58. The number of hydrogen-bond donors (Lipinski definition) is 0. The number of aryl methyl sites for hydroxylation is 2. The molecule has 0 aliphatic carbocycles. The maximum atomic E-state index is 12.6. The van der Waals surface area contributed by atoms with Gasteiger partial charge >= 0.3 is 6.18 Å². The molecule has 1 aliphatic heterocycles. The van der Waals surface area contributed by atoms with E-state index in [4.69, 9.17) is 9.26 Å². The van der Waals surface area contributed by atoms with Crippen molar-refractivity contribution >= 4 is 10.0 Å². The van der Waals surface area contributed by atoms with Crippen LogP contribution in [0.2, 0.25) is 0 Å². The number of nitrogens with zero attached hydrogens (tertiary/aromatic N) is 3. The summed E-state index contributed by atoms with van der Waals surface area (Å²) in [5.41, 5.74) is 0.535. The maximum Gasteiger partial charge on any atom is 0.417 e. The Bertz CT molecular complexity index is 890. The molecule has 3 heterocycles. The van der Waals surface area contributed by atoms with E-state index in [-0.39, 0.29) is 25.8 Å². The topological polar surface area (TPSA) is 85.5 Å². The normalized spacial score (nSPS) is 18.9. The predicted molar refractivity (Wildman–Crippen MR) is 87.2 cm³/mol. The molecule has 27 heavy (non-hydrogen) atoms. The molecule has 148 valence electrons. The van der Waals surface area contributed by atoms with Gasteiger partial charge in [-0.2, -0.15) is 17.5 Å². The van der Waals surface area contributed by atoms with Crippen molar-refractivity contribution in [3.05, 3.63) is 40.9 Å². The molecule has 0 saturated carbocycles. The largest absolute Gasteiger partial charge is 0.417 e. The molecule has 3 rings (SSSR count). The molecular formula is C16H18F3N3O4S. The van der Waals surface area contributed by atoms with Crippen LogP contribution in [-0.2, 0) is 27.5 Å². The predicted octanol–water partition coefficient (Wildman–Crippen LogP) is 2.69. The van der Waals surface area contributed by atoms with Crippen molar-refractivity contribution in [2.75, 3.05) is 13.1 Å². The van der Waals surface area contributed by atoms with Crippen LogP contribution >= 0.6 is 0 Å². The molecule has 0 amide bonds. The standard InChI is InChI=1S/C16H18F3N3O4S/c1-10-14(11(2)26-21-10)9-25-13-5-6-22(8-13)27(23,24)15-4-3-12(7-20-15)16(17,18)19/h3-4,7,13H,5-6,8-9H2,1-2H3. The van der Waals surface area contributed by atoms with Crippen molar-refractivity contribution < 1.29 is 30.8 Å². The minimum atomic E-state index is -4.57. The summed E-state index contributed by atoms with van der Waals surface area (Å²) in [5.74, 6) is 0.643. The van der Waals surface area contributed by atoms with Crippen molar-refractivity contribution in [2.24, 2.45) is 0 Å². The third kappa shape index (κ3) is 4.14. The zero-order valence-corrected chi connectivity index (χ0v) is 15.5. The lowest BCUT2D eigenvalue weighted by atomic mass is 10.2. The van der Waals surface area contributed by atoms with Gasteiger partial charge < -0.3 is 9.26 Å². The first-order valence-electron chi connectivity index (χ1n) is 8.16. The van der Waals surface area contributed by atoms with Gasteiger partial charge in [0.15, 0.2) is 5.03 Å². The van der Waals surface area contributed by atoms with Crippen LogP contribution in [0.1, 0.15) is 29.0 Å². The summed E-state index contributed by atoms with van der Waals surface area (Å²) in [6.07, 6.45) is -3.90. The number of halogens is 3. The van der Waals surface area contributed by atoms with Crippen LogP contribution in [0.3, 0.4) is 0 Å². The van der Waals surface area contributed by atoms with Crippen LogP contribution in [0.15, 0.2) is 27.9 Å². The van der Waals surface area contributed by atoms with E-state index in [1.165, 1.54) is 4.31 Å². The average Bonchev–Trinajstić information content (AvgIpc) is 3.20. The Balaban J connectivity index is 1.65. The fourth-order valence-corrected chi connectivity index (χ4v) is 4.19. The first-order valence-corrected chi connectivity index (χ1v) is 9.60. The molecule has 1 unspecified atom stereocenters. The number of pyridine rings is 1. The van der Waals surface area contributed by atoms with E-state index in [2.05, 4.69) is 10.1 Å². The zero-order valence-electron chi connectivity index (χ0n) is 14.7. The monoisotopic (exact) mass is 405 g/mol. The SMILES string of the molecule is Cc1noc(C)c1COC1CCN(S(=O)(=O)c2ccc(C(F)(F)F)cn2)C1. The van der Waals surface area contributed by atoms with Crippen molar-refractivity contribution in [3.63, 3.8) is 0 Å². The molecule has 0 N–H and O–H groups in total. The Morgan fingerprint density at radius 1 is 1.33 bits per heavy atom. The lowest BCUT2D eigenvalue weighted by molar-refractivity contribution is -0.137. The van der Waals surface area contributed by atoms with Crippen molar-refractivity contribution in [3.8, 4) is 0 Å². The average molecular weight is 405 g/mol. The van der Waals surface area contributed by atoms with Gasteiger partial charge in [-0.15, -0.1) is 0 Å². The number of hydrogen-bond acceptors (Lipinski definition) is 6. The highest BCUT2D eigenvalue weighted by Gasteiger charge is 2.35. The van der Waals surface area contributed by atoms with E-state index in [1.54, 1.807) is 13.8 Å². The Labute approximate surface area is 154 Å². The van der Waals surface area contributed by atoms with Gasteiger partial charge in [0, 0.05) is 24.8 Å². The van der Waals surface area contributed by atoms with E-state index in [0.717, 1.165) is 11.6 Å². The molecule has 0 spiro atoms. The Hall–Kier alpha value is -1.98. The van der Waals surface area contributed by atoms with Gasteiger partial charge in [0.2, 0.25) is 0 Å². The van der Waals surface area contributed by atoms with Crippen LogP contribution in [0, 0.1) is 13.8 Å². The lowest BCUT2D eigenvalue weighted by Crippen LogP contribution is -2.31. The lowest BCUT2D eigenvalue weighted by Gasteiger charge is -2.16. The molecule has 1 atom stereocenters. The highest BCUT2D eigenvalue weighted by atomic mass is 32.2. The maximum absolute atomic E-state index is 12.6. The third-order valence-corrected chi connectivity index (χ3v) is 6.20. The summed E-state index contributed by atoms with van der Waals surface area (Å²) in [5, 5.41) is 3.42. The quantitative estimate of drug-likeness (QED) is 0.760. The second kappa shape index (κ2) is 7.21. The van der Waals surface area contributed by atoms with Crippen molar-refractivity contribution in [1.82, 2.24) is 14.4 Å². The first kappa shape index (κ1) is 19.8. The van der Waals surface area contributed by atoms with Gasteiger partial charge in [-0.1, -0.05) is 5.16 Å². The number of aromatic nitrogens is 2. The molecule has 1 aliphatic rings. The number of alkyl halides is 3. The summed E-state index contributed by atoms with van der Waals surface area (Å²) in [7, 11) is -3.98. The fourth-order valence-electron chi connectivity index (χ4n) is 2.79. The molecule has 0 aromatic carbocycles. The van der Waals surface area contributed by atoms with Crippen LogP contribution in [-0.4, -0.2) is 42.1 Å². The second-order valence-corrected chi connectivity index (χ2v) is 8.16. The summed E-state index contributed by atoms with van der Waals surface area (Å²) < 4.78 is 74.9. The summed E-state index contributed by atoms with van der Waals surface area (Å²) in [6.45, 7) is 4.11. The molecule has 1 fully saturated rings. The number of rotatable bonds is 5. The molecular weight excluding hydrogens is 387 g/mol. The van der Waals surface area contributed by atoms with E-state index in [1.807, 2.05) is 0 Å². The summed E-state index contributed by atoms with van der Waals surface area (Å²) in [4.78, 5) is 3.49. The van der Waals surface area contributed by atoms with Crippen LogP contribution < -0.4 is 0 Å². The Morgan fingerprint density at radius 2 is 2.07 bits per heavy atom. The van der Waals surface area contributed by atoms with Gasteiger partial charge in [0.1, 0.15) is 5.76 Å². The molecule has 2 aromatic rings. The van der Waals surface area contributed by atoms with Gasteiger partial charge in [0.25, 0.3) is 10.0 Å². The third-order valence-electron chi connectivity index (χ3n) is 4.42. The van der Waals surface area contributed by atoms with Gasteiger partial charge in [0.05, 0.1) is 24.0 Å².